The Balaban J connectivity index is 1.54. The van der Waals surface area contributed by atoms with Crippen molar-refractivity contribution in [1.82, 2.24) is 19.7 Å². The van der Waals surface area contributed by atoms with E-state index < -0.39 is 17.6 Å². The van der Waals surface area contributed by atoms with Gasteiger partial charge in [0.25, 0.3) is 5.91 Å². The summed E-state index contributed by atoms with van der Waals surface area (Å²) in [6.07, 6.45) is -1.66. The molecule has 0 saturated carbocycles. The van der Waals surface area contributed by atoms with E-state index in [1.165, 1.54) is 11.0 Å². The lowest BCUT2D eigenvalue weighted by molar-refractivity contribution is -0.138. The van der Waals surface area contributed by atoms with Crippen molar-refractivity contribution in [2.45, 2.75) is 25.2 Å². The number of fused-ring (bicyclic) bond motifs is 1. The first-order chi connectivity index (χ1) is 15.8. The summed E-state index contributed by atoms with van der Waals surface area (Å²) >= 11 is 0. The van der Waals surface area contributed by atoms with Gasteiger partial charge in [-0.2, -0.15) is 13.2 Å². The van der Waals surface area contributed by atoms with E-state index in [2.05, 4.69) is 15.1 Å². The number of carbonyl (C=O) groups excluding carboxylic acids is 2. The van der Waals surface area contributed by atoms with Gasteiger partial charge in [0, 0.05) is 37.0 Å². The van der Waals surface area contributed by atoms with Gasteiger partial charge in [-0.25, -0.2) is 0 Å². The lowest BCUT2D eigenvalue weighted by atomic mass is 9.99. The zero-order valence-electron chi connectivity index (χ0n) is 17.7. The molecule has 0 spiro atoms. The number of alkyl halides is 3. The highest BCUT2D eigenvalue weighted by Crippen LogP contribution is 2.40. The number of nitrogens with zero attached hydrogens (tertiary/aromatic N) is 5. The van der Waals surface area contributed by atoms with Gasteiger partial charge in [-0.15, -0.1) is 10.2 Å². The largest absolute Gasteiger partial charge is 0.416 e. The van der Waals surface area contributed by atoms with Crippen molar-refractivity contribution in [2.75, 3.05) is 18.0 Å². The van der Waals surface area contributed by atoms with E-state index in [0.29, 0.717) is 12.0 Å². The summed E-state index contributed by atoms with van der Waals surface area (Å²) in [7, 11) is 1.86. The first-order valence-electron chi connectivity index (χ1n) is 10.5. The van der Waals surface area contributed by atoms with Crippen molar-refractivity contribution >= 4 is 17.9 Å². The van der Waals surface area contributed by atoms with Crippen LogP contribution in [0.4, 0.5) is 18.9 Å². The number of aromatic nitrogens is 3. The SMILES string of the molecule is Cn1cnnc1C(c1cccc(N2Cc3c(cc(C=O)cc3C(F)(F)F)C2=O)c1)N1CCC1. The van der Waals surface area contributed by atoms with E-state index in [1.54, 1.807) is 18.5 Å². The fourth-order valence-corrected chi connectivity index (χ4v) is 4.48. The summed E-state index contributed by atoms with van der Waals surface area (Å²) in [5.74, 6) is 0.188. The predicted octanol–water partition coefficient (Wildman–Crippen LogP) is 3.60. The second kappa shape index (κ2) is 7.80. The molecule has 3 aromatic rings. The first-order valence-corrected chi connectivity index (χ1v) is 10.5. The van der Waals surface area contributed by atoms with Crippen LogP contribution in [0.15, 0.2) is 42.7 Å². The molecular formula is C23H20F3N5O2. The topological polar surface area (TPSA) is 71.3 Å². The van der Waals surface area contributed by atoms with Gasteiger partial charge in [-0.05, 0) is 41.8 Å². The standard InChI is InChI=1S/C23H20F3N5O2/c1-29-13-27-28-21(29)20(30-6-3-7-30)15-4-2-5-16(10-15)31-11-18-17(22(31)33)8-14(12-32)9-19(18)23(24,25)26/h2,4-5,8-10,12-13,20H,3,6-7,11H2,1H3. The molecule has 10 heteroatoms. The van der Waals surface area contributed by atoms with Crippen molar-refractivity contribution in [2.24, 2.45) is 7.05 Å². The quantitative estimate of drug-likeness (QED) is 0.550. The Kier molecular flexibility index (Phi) is 5.04. The van der Waals surface area contributed by atoms with Crippen LogP contribution in [-0.4, -0.2) is 44.9 Å². The van der Waals surface area contributed by atoms with Crippen LogP contribution >= 0.6 is 0 Å². The van der Waals surface area contributed by atoms with Gasteiger partial charge in [0.1, 0.15) is 12.6 Å². The lowest BCUT2D eigenvalue weighted by Crippen LogP contribution is -2.41. The Labute approximate surface area is 187 Å². The maximum atomic E-state index is 13.6. The number of aryl methyl sites for hydroxylation is 1. The molecule has 1 atom stereocenters. The zero-order valence-corrected chi connectivity index (χ0v) is 17.7. The number of rotatable bonds is 5. The summed E-state index contributed by atoms with van der Waals surface area (Å²) < 4.78 is 42.8. The Morgan fingerprint density at radius 3 is 2.55 bits per heavy atom. The van der Waals surface area contributed by atoms with Crippen LogP contribution in [0.5, 0.6) is 0 Å². The molecule has 3 heterocycles. The van der Waals surface area contributed by atoms with E-state index in [4.69, 9.17) is 0 Å². The smallest absolute Gasteiger partial charge is 0.319 e. The molecule has 1 unspecified atom stereocenters. The Hall–Kier alpha value is -3.53. The normalized spacial score (nSPS) is 17.1. The van der Waals surface area contributed by atoms with Gasteiger partial charge in [-0.3, -0.25) is 14.5 Å². The van der Waals surface area contributed by atoms with Gasteiger partial charge in [0.05, 0.1) is 18.2 Å². The van der Waals surface area contributed by atoms with Gasteiger partial charge >= 0.3 is 6.18 Å². The number of likely N-dealkylation sites (tertiary alicyclic amines) is 1. The average molecular weight is 455 g/mol. The summed E-state index contributed by atoms with van der Waals surface area (Å²) in [5.41, 5.74) is 0.0247. The molecule has 0 aliphatic carbocycles. The van der Waals surface area contributed by atoms with Crippen molar-refractivity contribution in [3.8, 4) is 0 Å². The van der Waals surface area contributed by atoms with Crippen molar-refractivity contribution in [1.29, 1.82) is 0 Å². The number of halogens is 3. The summed E-state index contributed by atoms with van der Waals surface area (Å²) in [5, 5.41) is 8.24. The molecule has 170 valence electrons. The molecule has 2 aliphatic heterocycles. The molecule has 5 rings (SSSR count). The Morgan fingerprint density at radius 2 is 1.94 bits per heavy atom. The highest BCUT2D eigenvalue weighted by molar-refractivity contribution is 6.11. The van der Waals surface area contributed by atoms with Gasteiger partial charge in [-0.1, -0.05) is 12.1 Å². The molecule has 1 fully saturated rings. The van der Waals surface area contributed by atoms with Gasteiger partial charge in [0.2, 0.25) is 0 Å². The fraction of sp³-hybridized carbons (Fsp3) is 0.304. The van der Waals surface area contributed by atoms with E-state index in [9.17, 15) is 22.8 Å². The molecule has 0 bridgehead atoms. The molecule has 7 nitrogen and oxygen atoms in total. The number of benzene rings is 2. The first kappa shape index (κ1) is 21.3. The lowest BCUT2D eigenvalue weighted by Gasteiger charge is -2.38. The molecule has 1 saturated heterocycles. The third-order valence-electron chi connectivity index (χ3n) is 6.25. The monoisotopic (exact) mass is 455 g/mol. The maximum absolute atomic E-state index is 13.6. The molecule has 2 aromatic carbocycles. The predicted molar refractivity (Wildman–Crippen MR) is 113 cm³/mol. The van der Waals surface area contributed by atoms with E-state index >= 15 is 0 Å². The Bertz CT molecular complexity index is 1250. The third-order valence-corrected chi connectivity index (χ3v) is 6.25. The molecule has 0 radical (unpaired) electrons. The minimum Gasteiger partial charge on any atom is -0.319 e. The van der Waals surface area contributed by atoms with Crippen LogP contribution in [-0.2, 0) is 19.8 Å². The summed E-state index contributed by atoms with van der Waals surface area (Å²) in [6, 6.07) is 9.06. The second-order valence-corrected chi connectivity index (χ2v) is 8.29. The van der Waals surface area contributed by atoms with Gasteiger partial charge < -0.3 is 9.47 Å². The number of hydrogen-bond acceptors (Lipinski definition) is 5. The molecule has 33 heavy (non-hydrogen) atoms. The van der Waals surface area contributed by atoms with Crippen molar-refractivity contribution in [3.05, 3.63) is 76.4 Å². The maximum Gasteiger partial charge on any atom is 0.416 e. The molecule has 0 N–H and O–H groups in total. The van der Waals surface area contributed by atoms with E-state index in [1.807, 2.05) is 23.7 Å². The second-order valence-electron chi connectivity index (χ2n) is 8.29. The summed E-state index contributed by atoms with van der Waals surface area (Å²) in [6.45, 7) is 1.56. The molecule has 1 aromatic heterocycles. The highest BCUT2D eigenvalue weighted by Gasteiger charge is 2.40. The van der Waals surface area contributed by atoms with Gasteiger partial charge in [0.15, 0.2) is 5.82 Å². The Morgan fingerprint density at radius 1 is 1.15 bits per heavy atom. The molecule has 2 aliphatic rings. The number of hydrogen-bond donors (Lipinski definition) is 0. The number of amides is 1. The van der Waals surface area contributed by atoms with Crippen molar-refractivity contribution < 1.29 is 22.8 Å². The zero-order chi connectivity index (χ0) is 23.3. The third kappa shape index (κ3) is 3.60. The number of anilines is 1. The minimum atomic E-state index is -4.67. The van der Waals surface area contributed by atoms with Crippen molar-refractivity contribution in [3.63, 3.8) is 0 Å². The van der Waals surface area contributed by atoms with Crippen LogP contribution in [0.1, 0.15) is 55.7 Å². The minimum absolute atomic E-state index is 0.0927. The van der Waals surface area contributed by atoms with Crippen LogP contribution < -0.4 is 4.90 Å². The van der Waals surface area contributed by atoms with E-state index in [0.717, 1.165) is 37.0 Å². The van der Waals surface area contributed by atoms with Crippen LogP contribution in [0, 0.1) is 0 Å². The van der Waals surface area contributed by atoms with Crippen LogP contribution in [0.25, 0.3) is 0 Å². The number of carbonyl (C=O) groups is 2. The van der Waals surface area contributed by atoms with Crippen LogP contribution in [0.2, 0.25) is 0 Å². The summed E-state index contributed by atoms with van der Waals surface area (Å²) in [4.78, 5) is 27.9. The number of aldehydes is 1. The fourth-order valence-electron chi connectivity index (χ4n) is 4.48. The molecule has 1 amide bonds. The highest BCUT2D eigenvalue weighted by atomic mass is 19.4. The van der Waals surface area contributed by atoms with Crippen LogP contribution in [0.3, 0.4) is 0 Å². The molecular weight excluding hydrogens is 435 g/mol. The average Bonchev–Trinajstić information content (AvgIpc) is 3.32. The van der Waals surface area contributed by atoms with E-state index in [-0.39, 0.29) is 29.3 Å².